The number of carbonyl (C=O) groups is 4. The van der Waals surface area contributed by atoms with Gasteiger partial charge in [-0.05, 0) is 36.8 Å². The number of hydrogen-bond donors (Lipinski definition) is 7. The molecular formula is C21H23N5O6S. The second-order valence-corrected chi connectivity index (χ2v) is 7.95. The lowest BCUT2D eigenvalue weighted by Crippen LogP contribution is -2.41. The van der Waals surface area contributed by atoms with Crippen molar-refractivity contribution in [2.45, 2.75) is 23.1 Å². The molecule has 1 unspecified atom stereocenters. The van der Waals surface area contributed by atoms with E-state index in [9.17, 15) is 24.3 Å². The first-order valence-electron chi connectivity index (χ1n) is 9.65. The summed E-state index contributed by atoms with van der Waals surface area (Å²) in [5, 5.41) is 32.5. The molecule has 0 aromatic heterocycles. The third-order valence-corrected chi connectivity index (χ3v) is 5.39. The molecule has 0 radical (unpaired) electrons. The molecule has 0 saturated heterocycles. The maximum Gasteiger partial charge on any atom is 0.336 e. The fourth-order valence-corrected chi connectivity index (χ4v) is 3.87. The Morgan fingerprint density at radius 1 is 1.06 bits per heavy atom. The first kappa shape index (κ1) is 25.2. The fraction of sp³-hybridized carbons (Fsp3) is 0.190. The quantitative estimate of drug-likeness (QED) is 0.110. The van der Waals surface area contributed by atoms with Crippen LogP contribution < -0.4 is 21.7 Å². The van der Waals surface area contributed by atoms with Gasteiger partial charge in [0.05, 0.1) is 17.5 Å². The Balaban J connectivity index is 2.01. The number of nitrogens with one attached hydrogen (secondary N) is 4. The van der Waals surface area contributed by atoms with E-state index >= 15 is 0 Å². The van der Waals surface area contributed by atoms with Gasteiger partial charge >= 0.3 is 11.9 Å². The first-order valence-corrected chi connectivity index (χ1v) is 10.5. The molecule has 8 N–H and O–H groups in total. The molecule has 2 aromatic carbocycles. The van der Waals surface area contributed by atoms with E-state index < -0.39 is 29.1 Å². The SMILES string of the molecule is N=C(N)Nc1cccc(C(=O)NCC(=O)NC(CCC(=O)O)Sc2ccccc2C(=O)O)c1. The summed E-state index contributed by atoms with van der Waals surface area (Å²) in [6.45, 7) is -0.381. The largest absolute Gasteiger partial charge is 0.481 e. The minimum absolute atomic E-state index is 0.0319. The summed E-state index contributed by atoms with van der Waals surface area (Å²) >= 11 is 1.02. The molecule has 174 valence electrons. The fourth-order valence-electron chi connectivity index (χ4n) is 2.70. The van der Waals surface area contributed by atoms with Gasteiger partial charge in [-0.2, -0.15) is 0 Å². The van der Waals surface area contributed by atoms with E-state index in [2.05, 4.69) is 16.0 Å². The van der Waals surface area contributed by atoms with Gasteiger partial charge in [0, 0.05) is 22.6 Å². The molecule has 2 amide bonds. The normalized spacial score (nSPS) is 11.2. The molecule has 0 aliphatic rings. The Labute approximate surface area is 193 Å². The Morgan fingerprint density at radius 3 is 2.45 bits per heavy atom. The second-order valence-electron chi connectivity index (χ2n) is 6.71. The minimum atomic E-state index is -1.14. The summed E-state index contributed by atoms with van der Waals surface area (Å²) in [4.78, 5) is 47.5. The van der Waals surface area contributed by atoms with Gasteiger partial charge in [0.25, 0.3) is 5.91 Å². The molecule has 0 heterocycles. The maximum atomic E-state index is 12.4. The predicted octanol–water partition coefficient (Wildman–Crippen LogP) is 1.52. The highest BCUT2D eigenvalue weighted by molar-refractivity contribution is 8.00. The Morgan fingerprint density at radius 2 is 1.79 bits per heavy atom. The lowest BCUT2D eigenvalue weighted by molar-refractivity contribution is -0.137. The molecule has 1 atom stereocenters. The third-order valence-electron chi connectivity index (χ3n) is 4.14. The molecule has 0 spiro atoms. The summed E-state index contributed by atoms with van der Waals surface area (Å²) in [7, 11) is 0. The van der Waals surface area contributed by atoms with E-state index in [0.29, 0.717) is 10.6 Å². The van der Waals surface area contributed by atoms with E-state index in [4.69, 9.17) is 16.2 Å². The van der Waals surface area contributed by atoms with Crippen LogP contribution in [0.15, 0.2) is 53.4 Å². The molecule has 33 heavy (non-hydrogen) atoms. The van der Waals surface area contributed by atoms with Crippen LogP contribution in [0.5, 0.6) is 0 Å². The number of aromatic carboxylic acids is 1. The summed E-state index contributed by atoms with van der Waals surface area (Å²) in [6, 6.07) is 12.4. The Kier molecular flexibility index (Phi) is 9.24. The molecule has 0 aliphatic carbocycles. The number of carbonyl (C=O) groups excluding carboxylic acids is 2. The van der Waals surface area contributed by atoms with Crippen LogP contribution in [0.4, 0.5) is 5.69 Å². The van der Waals surface area contributed by atoms with E-state index in [1.807, 2.05) is 0 Å². The lowest BCUT2D eigenvalue weighted by Gasteiger charge is -2.19. The van der Waals surface area contributed by atoms with Gasteiger partial charge in [-0.1, -0.05) is 18.2 Å². The average molecular weight is 474 g/mol. The van der Waals surface area contributed by atoms with Gasteiger partial charge in [-0.25, -0.2) is 4.79 Å². The smallest absolute Gasteiger partial charge is 0.336 e. The molecule has 2 aromatic rings. The van der Waals surface area contributed by atoms with E-state index in [-0.39, 0.29) is 36.5 Å². The van der Waals surface area contributed by atoms with Crippen LogP contribution in [0.3, 0.4) is 0 Å². The number of carboxylic acids is 2. The molecule has 12 heteroatoms. The van der Waals surface area contributed by atoms with Crippen molar-refractivity contribution in [2.24, 2.45) is 5.73 Å². The van der Waals surface area contributed by atoms with Crippen molar-refractivity contribution in [3.8, 4) is 0 Å². The summed E-state index contributed by atoms with van der Waals surface area (Å²) in [5.74, 6) is -3.61. The molecule has 0 saturated carbocycles. The van der Waals surface area contributed by atoms with Crippen LogP contribution in [-0.4, -0.2) is 51.8 Å². The standard InChI is InChI=1S/C21H23N5O6S/c22-21(23)25-13-5-3-4-12(10-13)19(30)24-11-16(27)26-17(8-9-18(28)29)33-15-7-2-1-6-14(15)20(31)32/h1-7,10,17H,8-9,11H2,(H,24,30)(H,26,27)(H,28,29)(H,31,32)(H4,22,23,25). The average Bonchev–Trinajstić information content (AvgIpc) is 2.75. The van der Waals surface area contributed by atoms with Crippen molar-refractivity contribution >= 4 is 47.2 Å². The Bertz CT molecular complexity index is 1060. The number of rotatable bonds is 11. The molecule has 0 aliphatic heterocycles. The van der Waals surface area contributed by atoms with Crippen molar-refractivity contribution in [2.75, 3.05) is 11.9 Å². The zero-order chi connectivity index (χ0) is 24.4. The van der Waals surface area contributed by atoms with Gasteiger partial charge in [-0.15, -0.1) is 11.8 Å². The predicted molar refractivity (Wildman–Crippen MR) is 122 cm³/mol. The molecular weight excluding hydrogens is 450 g/mol. The monoisotopic (exact) mass is 473 g/mol. The number of nitrogens with two attached hydrogens (primary N) is 1. The van der Waals surface area contributed by atoms with Crippen LogP contribution in [-0.2, 0) is 9.59 Å². The zero-order valence-electron chi connectivity index (χ0n) is 17.3. The minimum Gasteiger partial charge on any atom is -0.481 e. The molecule has 0 fully saturated rings. The highest BCUT2D eigenvalue weighted by atomic mass is 32.2. The topological polar surface area (TPSA) is 195 Å². The van der Waals surface area contributed by atoms with Crippen molar-refractivity contribution < 1.29 is 29.4 Å². The van der Waals surface area contributed by atoms with E-state index in [1.165, 1.54) is 18.2 Å². The number of carboxylic acid groups (broad SMARTS) is 2. The number of guanidine groups is 1. The molecule has 11 nitrogen and oxygen atoms in total. The summed E-state index contributed by atoms with van der Waals surface area (Å²) in [5.41, 5.74) is 5.97. The van der Waals surface area contributed by atoms with Crippen molar-refractivity contribution in [3.05, 3.63) is 59.7 Å². The van der Waals surface area contributed by atoms with Crippen LogP contribution in [0, 0.1) is 5.41 Å². The lowest BCUT2D eigenvalue weighted by atomic mass is 10.2. The van der Waals surface area contributed by atoms with Gasteiger partial charge in [0.15, 0.2) is 5.96 Å². The van der Waals surface area contributed by atoms with Gasteiger partial charge in [-0.3, -0.25) is 19.8 Å². The highest BCUT2D eigenvalue weighted by Gasteiger charge is 2.19. The zero-order valence-corrected chi connectivity index (χ0v) is 18.1. The van der Waals surface area contributed by atoms with Gasteiger partial charge in [0.1, 0.15) is 0 Å². The summed E-state index contributed by atoms with van der Waals surface area (Å²) in [6.07, 6.45) is -0.193. The van der Waals surface area contributed by atoms with Crippen LogP contribution in [0.1, 0.15) is 33.6 Å². The summed E-state index contributed by atoms with van der Waals surface area (Å²) < 4.78 is 0. The number of benzene rings is 2. The van der Waals surface area contributed by atoms with E-state index in [0.717, 1.165) is 11.8 Å². The van der Waals surface area contributed by atoms with Gasteiger partial charge in [0.2, 0.25) is 5.91 Å². The number of thioether (sulfide) groups is 1. The van der Waals surface area contributed by atoms with E-state index in [1.54, 1.807) is 30.3 Å². The van der Waals surface area contributed by atoms with Crippen LogP contribution in [0.25, 0.3) is 0 Å². The van der Waals surface area contributed by atoms with Crippen LogP contribution >= 0.6 is 11.8 Å². The molecule has 0 bridgehead atoms. The number of hydrogen-bond acceptors (Lipinski definition) is 6. The number of amides is 2. The second kappa shape index (κ2) is 12.1. The third kappa shape index (κ3) is 8.53. The Hall–Kier alpha value is -4.06. The van der Waals surface area contributed by atoms with Crippen LogP contribution in [0.2, 0.25) is 0 Å². The number of anilines is 1. The maximum absolute atomic E-state index is 12.4. The van der Waals surface area contributed by atoms with Crippen molar-refractivity contribution in [1.29, 1.82) is 5.41 Å². The first-order chi connectivity index (χ1) is 15.7. The van der Waals surface area contributed by atoms with Gasteiger partial charge < -0.3 is 31.9 Å². The van der Waals surface area contributed by atoms with Crippen molar-refractivity contribution in [1.82, 2.24) is 10.6 Å². The number of aliphatic carboxylic acids is 1. The van der Waals surface area contributed by atoms with Crippen molar-refractivity contribution in [3.63, 3.8) is 0 Å². The molecule has 2 rings (SSSR count). The highest BCUT2D eigenvalue weighted by Crippen LogP contribution is 2.28.